The van der Waals surface area contributed by atoms with Gasteiger partial charge in [-0.2, -0.15) is 0 Å². The molecule has 0 aromatic heterocycles. The number of hydrogen-bond donors (Lipinski definition) is 2. The van der Waals surface area contributed by atoms with Crippen molar-refractivity contribution in [1.29, 1.82) is 0 Å². The van der Waals surface area contributed by atoms with Gasteiger partial charge in [0.05, 0.1) is 59.5 Å². The lowest BCUT2D eigenvalue weighted by atomic mass is 10.3. The number of ether oxygens (including phenoxy) is 5. The standard InChI is InChI=1S/C28H56N2O6S2/c1-8-10-11-14-30-26(31)12-16-32-19-22-35-23-24-36-28(7,38-37-27(4,5)6)13-17-33-20-21-34-18-15-29-25(3)9-2/h10-11,25,29H,8-9,12-24H2,1-7H3,(H,30,31)/b11-10+. The van der Waals surface area contributed by atoms with E-state index in [4.69, 9.17) is 23.7 Å². The second-order valence-corrected chi connectivity index (χ2v) is 13.6. The van der Waals surface area contributed by atoms with E-state index in [1.165, 1.54) is 0 Å². The Morgan fingerprint density at radius 3 is 2.05 bits per heavy atom. The van der Waals surface area contributed by atoms with Gasteiger partial charge in [-0.1, -0.05) is 68.4 Å². The van der Waals surface area contributed by atoms with E-state index < -0.39 is 0 Å². The zero-order chi connectivity index (χ0) is 28.5. The Morgan fingerprint density at radius 1 is 0.816 bits per heavy atom. The molecule has 0 aliphatic rings. The number of nitrogens with one attached hydrogen (secondary N) is 2. The Balaban J connectivity index is 4.00. The predicted molar refractivity (Wildman–Crippen MR) is 162 cm³/mol. The summed E-state index contributed by atoms with van der Waals surface area (Å²) in [6.07, 6.45) is 7.21. The summed E-state index contributed by atoms with van der Waals surface area (Å²) in [5, 5.41) is 6.25. The van der Waals surface area contributed by atoms with E-state index in [0.29, 0.717) is 78.5 Å². The summed E-state index contributed by atoms with van der Waals surface area (Å²) < 4.78 is 29.0. The fourth-order valence-electron chi connectivity index (χ4n) is 2.77. The third kappa shape index (κ3) is 25.9. The van der Waals surface area contributed by atoms with Gasteiger partial charge in [-0.15, -0.1) is 0 Å². The molecule has 0 rings (SSSR count). The van der Waals surface area contributed by atoms with E-state index in [9.17, 15) is 4.79 Å². The Hall–Kier alpha value is -0.330. The first-order valence-corrected chi connectivity index (χ1v) is 16.2. The molecular weight excluding hydrogens is 524 g/mol. The summed E-state index contributed by atoms with van der Waals surface area (Å²) in [5.41, 5.74) is 0. The van der Waals surface area contributed by atoms with Crippen LogP contribution in [0.1, 0.15) is 74.1 Å². The van der Waals surface area contributed by atoms with Crippen molar-refractivity contribution in [3.05, 3.63) is 12.2 Å². The van der Waals surface area contributed by atoms with Gasteiger partial charge in [0.2, 0.25) is 5.91 Å². The van der Waals surface area contributed by atoms with Gasteiger partial charge in [-0.3, -0.25) is 4.79 Å². The summed E-state index contributed by atoms with van der Waals surface area (Å²) in [6, 6.07) is 0.525. The molecule has 1 amide bonds. The van der Waals surface area contributed by atoms with E-state index in [1.54, 1.807) is 10.8 Å². The highest BCUT2D eigenvalue weighted by molar-refractivity contribution is 8.77. The number of carbonyl (C=O) groups is 1. The molecular formula is C28H56N2O6S2. The molecule has 0 fully saturated rings. The first kappa shape index (κ1) is 37.7. The van der Waals surface area contributed by atoms with Crippen molar-refractivity contribution in [2.24, 2.45) is 0 Å². The minimum atomic E-state index is -0.376. The molecule has 2 N–H and O–H groups in total. The number of carbonyl (C=O) groups excluding carboxylic acids is 1. The van der Waals surface area contributed by atoms with Crippen LogP contribution in [0.5, 0.6) is 0 Å². The topological polar surface area (TPSA) is 87.3 Å². The Bertz CT molecular complexity index is 592. The molecule has 0 aliphatic carbocycles. The minimum absolute atomic E-state index is 0.00383. The molecule has 10 heteroatoms. The maximum Gasteiger partial charge on any atom is 0.222 e. The average molecular weight is 581 g/mol. The van der Waals surface area contributed by atoms with Crippen molar-refractivity contribution in [2.75, 3.05) is 72.6 Å². The maximum absolute atomic E-state index is 11.7. The highest BCUT2D eigenvalue weighted by atomic mass is 33.1. The molecule has 0 saturated carbocycles. The third-order valence-electron chi connectivity index (χ3n) is 5.19. The van der Waals surface area contributed by atoms with E-state index in [-0.39, 0.29) is 15.6 Å². The zero-order valence-electron chi connectivity index (χ0n) is 25.1. The van der Waals surface area contributed by atoms with Crippen LogP contribution < -0.4 is 10.6 Å². The largest absolute Gasteiger partial charge is 0.379 e. The third-order valence-corrected chi connectivity index (χ3v) is 9.26. The number of allylic oxidation sites excluding steroid dienone is 1. The van der Waals surface area contributed by atoms with Crippen LogP contribution in [-0.2, 0) is 28.5 Å². The average Bonchev–Trinajstić information content (AvgIpc) is 2.87. The maximum atomic E-state index is 11.7. The fourth-order valence-corrected chi connectivity index (χ4v) is 5.16. The SMILES string of the molecule is CC/C=C/CNC(=O)CCOCCOCCOC(C)(CCOCCOCCNC(C)CC)SSC(C)(C)C. The molecule has 38 heavy (non-hydrogen) atoms. The molecule has 0 aromatic carbocycles. The van der Waals surface area contributed by atoms with Crippen molar-refractivity contribution in [1.82, 2.24) is 10.6 Å². The van der Waals surface area contributed by atoms with Crippen molar-refractivity contribution >= 4 is 27.5 Å². The molecule has 2 atom stereocenters. The van der Waals surface area contributed by atoms with Gasteiger partial charge in [0.15, 0.2) is 0 Å². The van der Waals surface area contributed by atoms with Crippen molar-refractivity contribution < 1.29 is 28.5 Å². The number of hydrogen-bond acceptors (Lipinski definition) is 9. The van der Waals surface area contributed by atoms with Crippen molar-refractivity contribution in [2.45, 2.75) is 89.9 Å². The zero-order valence-corrected chi connectivity index (χ0v) is 26.7. The molecule has 8 nitrogen and oxygen atoms in total. The van der Waals surface area contributed by atoms with Crippen LogP contribution in [0.25, 0.3) is 0 Å². The Kier molecular flexibility index (Phi) is 24.3. The molecule has 0 aromatic rings. The van der Waals surface area contributed by atoms with Gasteiger partial charge in [-0.25, -0.2) is 0 Å². The lowest BCUT2D eigenvalue weighted by molar-refractivity contribution is -0.122. The normalized spacial score (nSPS) is 14.6. The Morgan fingerprint density at radius 2 is 1.42 bits per heavy atom. The van der Waals surface area contributed by atoms with Crippen molar-refractivity contribution in [3.63, 3.8) is 0 Å². The quantitative estimate of drug-likeness (QED) is 0.0619. The second-order valence-electron chi connectivity index (χ2n) is 10.2. The van der Waals surface area contributed by atoms with Crippen LogP contribution in [0.15, 0.2) is 12.2 Å². The molecule has 0 saturated heterocycles. The second kappa shape index (κ2) is 24.5. The highest BCUT2D eigenvalue weighted by Gasteiger charge is 2.29. The summed E-state index contributed by atoms with van der Waals surface area (Å²) in [7, 11) is 3.56. The molecule has 0 radical (unpaired) electrons. The van der Waals surface area contributed by atoms with Crippen LogP contribution in [0, 0.1) is 0 Å². The van der Waals surface area contributed by atoms with Crippen LogP contribution >= 0.6 is 21.6 Å². The molecule has 0 bridgehead atoms. The van der Waals surface area contributed by atoms with Crippen LogP contribution in [-0.4, -0.2) is 94.2 Å². The highest BCUT2D eigenvalue weighted by Crippen LogP contribution is 2.45. The van der Waals surface area contributed by atoms with Crippen LogP contribution in [0.2, 0.25) is 0 Å². The van der Waals surface area contributed by atoms with E-state index >= 15 is 0 Å². The minimum Gasteiger partial charge on any atom is -0.379 e. The predicted octanol–water partition coefficient (Wildman–Crippen LogP) is 5.22. The summed E-state index contributed by atoms with van der Waals surface area (Å²) in [5.74, 6) is -0.00383. The van der Waals surface area contributed by atoms with Gasteiger partial charge >= 0.3 is 0 Å². The van der Waals surface area contributed by atoms with Gasteiger partial charge in [0, 0.05) is 36.7 Å². The van der Waals surface area contributed by atoms with Crippen molar-refractivity contribution in [3.8, 4) is 0 Å². The number of amides is 1. The first-order valence-electron chi connectivity index (χ1n) is 14.1. The smallest absolute Gasteiger partial charge is 0.222 e. The molecule has 2 unspecified atom stereocenters. The summed E-state index contributed by atoms with van der Waals surface area (Å²) >= 11 is 0. The van der Waals surface area contributed by atoms with Gasteiger partial charge in [-0.05, 0) is 26.7 Å². The first-order chi connectivity index (χ1) is 18.1. The molecule has 0 spiro atoms. The lowest BCUT2D eigenvalue weighted by Crippen LogP contribution is -2.29. The van der Waals surface area contributed by atoms with E-state index in [1.807, 2.05) is 22.9 Å². The number of rotatable bonds is 26. The fraction of sp³-hybridized carbons (Fsp3) is 0.893. The van der Waals surface area contributed by atoms with E-state index in [2.05, 4.69) is 59.1 Å². The van der Waals surface area contributed by atoms with Gasteiger partial charge < -0.3 is 34.3 Å². The van der Waals surface area contributed by atoms with Crippen LogP contribution in [0.3, 0.4) is 0 Å². The molecule has 0 heterocycles. The van der Waals surface area contributed by atoms with Crippen LogP contribution in [0.4, 0.5) is 0 Å². The Labute approximate surface area is 240 Å². The summed E-state index contributed by atoms with van der Waals surface area (Å²) in [6.45, 7) is 21.4. The van der Waals surface area contributed by atoms with Gasteiger partial charge in [0.1, 0.15) is 4.93 Å². The lowest BCUT2D eigenvalue weighted by Gasteiger charge is -2.31. The molecule has 0 aliphatic heterocycles. The molecule has 226 valence electrons. The summed E-state index contributed by atoms with van der Waals surface area (Å²) in [4.78, 5) is 11.3. The van der Waals surface area contributed by atoms with E-state index in [0.717, 1.165) is 25.8 Å². The monoisotopic (exact) mass is 580 g/mol. The van der Waals surface area contributed by atoms with Gasteiger partial charge in [0.25, 0.3) is 0 Å².